The molecule has 196 valence electrons. The topological polar surface area (TPSA) is 124 Å². The number of aromatic nitrogens is 3. The zero-order valence-corrected chi connectivity index (χ0v) is 22.3. The summed E-state index contributed by atoms with van der Waals surface area (Å²) in [4.78, 5) is 37.1. The number of benzene rings is 2. The molecule has 3 aromatic rings. The van der Waals surface area contributed by atoms with Crippen LogP contribution in [0.5, 0.6) is 5.75 Å². The van der Waals surface area contributed by atoms with Gasteiger partial charge in [0.1, 0.15) is 5.75 Å². The van der Waals surface area contributed by atoms with E-state index in [4.69, 9.17) is 9.47 Å². The summed E-state index contributed by atoms with van der Waals surface area (Å²) < 4.78 is 11.9. The van der Waals surface area contributed by atoms with Gasteiger partial charge < -0.3 is 24.7 Å². The van der Waals surface area contributed by atoms with E-state index in [2.05, 4.69) is 20.8 Å². The molecule has 0 spiro atoms. The Labute approximate surface area is 220 Å². The van der Waals surface area contributed by atoms with Crippen LogP contribution < -0.4 is 15.4 Å². The van der Waals surface area contributed by atoms with Crippen molar-refractivity contribution < 1.29 is 23.9 Å². The highest BCUT2D eigenvalue weighted by Crippen LogP contribution is 2.25. The summed E-state index contributed by atoms with van der Waals surface area (Å²) in [7, 11) is 3.38. The van der Waals surface area contributed by atoms with E-state index in [1.54, 1.807) is 74.2 Å². The molecule has 0 aliphatic heterocycles. The molecule has 2 aromatic carbocycles. The number of anilines is 1. The fraction of sp³-hybridized carbons (Fsp3) is 0.346. The van der Waals surface area contributed by atoms with Crippen LogP contribution in [0.1, 0.15) is 53.4 Å². The second-order valence-corrected chi connectivity index (χ2v) is 9.40. The molecule has 3 rings (SSSR count). The summed E-state index contributed by atoms with van der Waals surface area (Å²) in [5.41, 5.74) is 1.49. The Hall–Kier alpha value is -3.86. The fourth-order valence-corrected chi connectivity index (χ4v) is 4.17. The first-order valence-electron chi connectivity index (χ1n) is 11.8. The minimum Gasteiger partial charge on any atom is -0.497 e. The lowest BCUT2D eigenvalue weighted by atomic mass is 10.0. The van der Waals surface area contributed by atoms with Gasteiger partial charge in [-0.1, -0.05) is 25.6 Å². The average molecular weight is 526 g/mol. The number of ether oxygens (including phenoxy) is 2. The standard InChI is InChI=1S/C26H31N5O5S/c1-6-36-25(34)18-7-11-19(12-8-18)27-21(32)15-37-26-30-29-23(31(26)4)22(16(2)3)28-24(33)17-9-13-20(35-5)14-10-17/h7-14,16,22H,6,15H2,1-5H3,(H,27,32)(H,28,33)/t22-/m0/s1. The number of rotatable bonds is 11. The SMILES string of the molecule is CCOC(=O)c1ccc(NC(=O)CSc2nnc([C@@H](NC(=O)c3ccc(OC)cc3)C(C)C)n2C)cc1. The number of hydrogen-bond donors (Lipinski definition) is 2. The maximum absolute atomic E-state index is 12.8. The van der Waals surface area contributed by atoms with Crippen molar-refractivity contribution in [2.45, 2.75) is 32.0 Å². The monoisotopic (exact) mass is 525 g/mol. The van der Waals surface area contributed by atoms with E-state index < -0.39 is 5.97 Å². The molecule has 0 bridgehead atoms. The van der Waals surface area contributed by atoms with Crippen LogP contribution in [0.2, 0.25) is 0 Å². The van der Waals surface area contributed by atoms with Crippen LogP contribution in [0.15, 0.2) is 53.7 Å². The largest absolute Gasteiger partial charge is 0.497 e. The smallest absolute Gasteiger partial charge is 0.338 e. The average Bonchev–Trinajstić information content (AvgIpc) is 3.26. The Morgan fingerprint density at radius 2 is 1.65 bits per heavy atom. The van der Waals surface area contributed by atoms with E-state index >= 15 is 0 Å². The molecule has 0 saturated heterocycles. The summed E-state index contributed by atoms with van der Waals surface area (Å²) in [6, 6.07) is 13.0. The predicted molar refractivity (Wildman–Crippen MR) is 141 cm³/mol. The van der Waals surface area contributed by atoms with Crippen molar-refractivity contribution in [3.63, 3.8) is 0 Å². The molecule has 10 nitrogen and oxygen atoms in total. The summed E-state index contributed by atoms with van der Waals surface area (Å²) >= 11 is 1.23. The van der Waals surface area contributed by atoms with Crippen LogP contribution in [-0.4, -0.2) is 52.0 Å². The van der Waals surface area contributed by atoms with Crippen LogP contribution in [0.4, 0.5) is 5.69 Å². The molecule has 2 N–H and O–H groups in total. The van der Waals surface area contributed by atoms with Crippen molar-refractivity contribution in [1.82, 2.24) is 20.1 Å². The Balaban J connectivity index is 1.60. The Kier molecular flexibility index (Phi) is 9.67. The lowest BCUT2D eigenvalue weighted by Gasteiger charge is -2.21. The molecule has 0 fully saturated rings. The van der Waals surface area contributed by atoms with Crippen molar-refractivity contribution in [2.24, 2.45) is 13.0 Å². The number of esters is 1. The predicted octanol–water partition coefficient (Wildman–Crippen LogP) is 3.86. The molecule has 2 amide bonds. The van der Waals surface area contributed by atoms with Gasteiger partial charge in [-0.05, 0) is 61.4 Å². The normalized spacial score (nSPS) is 11.6. The van der Waals surface area contributed by atoms with Gasteiger partial charge in [0.25, 0.3) is 5.91 Å². The van der Waals surface area contributed by atoms with Gasteiger partial charge in [-0.3, -0.25) is 9.59 Å². The molecule has 1 aromatic heterocycles. The Bertz CT molecular complexity index is 1230. The molecule has 0 aliphatic rings. The number of carbonyl (C=O) groups excluding carboxylic acids is 3. The summed E-state index contributed by atoms with van der Waals surface area (Å²) in [6.45, 7) is 6.01. The molecular weight excluding hydrogens is 494 g/mol. The lowest BCUT2D eigenvalue weighted by Crippen LogP contribution is -2.33. The molecule has 0 aliphatic carbocycles. The number of methoxy groups -OCH3 is 1. The molecule has 1 atom stereocenters. The van der Waals surface area contributed by atoms with Gasteiger partial charge in [-0.25, -0.2) is 4.79 Å². The van der Waals surface area contributed by atoms with Crippen LogP contribution in [0, 0.1) is 5.92 Å². The summed E-state index contributed by atoms with van der Waals surface area (Å²) in [5, 5.41) is 14.9. The minimum atomic E-state index is -0.408. The van der Waals surface area contributed by atoms with E-state index in [0.717, 1.165) is 0 Å². The van der Waals surface area contributed by atoms with E-state index in [1.165, 1.54) is 11.8 Å². The van der Waals surface area contributed by atoms with Gasteiger partial charge in [0.05, 0.1) is 31.1 Å². The van der Waals surface area contributed by atoms with Crippen molar-refractivity contribution in [1.29, 1.82) is 0 Å². The van der Waals surface area contributed by atoms with E-state index in [0.29, 0.717) is 40.2 Å². The number of thioether (sulfide) groups is 1. The van der Waals surface area contributed by atoms with Crippen molar-refractivity contribution in [3.05, 3.63) is 65.5 Å². The van der Waals surface area contributed by atoms with Gasteiger partial charge >= 0.3 is 5.97 Å². The fourth-order valence-electron chi connectivity index (χ4n) is 3.45. The lowest BCUT2D eigenvalue weighted by molar-refractivity contribution is -0.113. The molecule has 1 heterocycles. The van der Waals surface area contributed by atoms with Crippen LogP contribution in [0.3, 0.4) is 0 Å². The van der Waals surface area contributed by atoms with Crippen LogP contribution in [-0.2, 0) is 16.6 Å². The number of carbonyl (C=O) groups is 3. The first-order valence-corrected chi connectivity index (χ1v) is 12.8. The third-order valence-electron chi connectivity index (χ3n) is 5.46. The Morgan fingerprint density at radius 1 is 1.00 bits per heavy atom. The third kappa shape index (κ3) is 7.32. The van der Waals surface area contributed by atoms with Gasteiger partial charge in [-0.15, -0.1) is 10.2 Å². The first kappa shape index (κ1) is 27.7. The van der Waals surface area contributed by atoms with Gasteiger partial charge in [0.15, 0.2) is 11.0 Å². The Morgan fingerprint density at radius 3 is 2.24 bits per heavy atom. The van der Waals surface area contributed by atoms with Gasteiger partial charge in [0.2, 0.25) is 5.91 Å². The molecular formula is C26H31N5O5S. The van der Waals surface area contributed by atoms with Crippen molar-refractivity contribution in [2.75, 3.05) is 24.8 Å². The second-order valence-electron chi connectivity index (χ2n) is 8.46. The maximum atomic E-state index is 12.8. The molecule has 0 unspecified atom stereocenters. The first-order chi connectivity index (χ1) is 17.7. The van der Waals surface area contributed by atoms with Crippen molar-refractivity contribution in [3.8, 4) is 5.75 Å². The molecule has 37 heavy (non-hydrogen) atoms. The van der Waals surface area contributed by atoms with Crippen LogP contribution >= 0.6 is 11.8 Å². The number of amides is 2. The van der Waals surface area contributed by atoms with E-state index in [9.17, 15) is 14.4 Å². The zero-order chi connectivity index (χ0) is 26.9. The zero-order valence-electron chi connectivity index (χ0n) is 21.5. The van der Waals surface area contributed by atoms with E-state index in [-0.39, 0.29) is 29.5 Å². The van der Waals surface area contributed by atoms with Crippen molar-refractivity contribution >= 4 is 35.2 Å². The third-order valence-corrected chi connectivity index (χ3v) is 6.48. The second kappa shape index (κ2) is 12.9. The van der Waals surface area contributed by atoms with Crippen LogP contribution in [0.25, 0.3) is 0 Å². The highest BCUT2D eigenvalue weighted by atomic mass is 32.2. The maximum Gasteiger partial charge on any atom is 0.338 e. The number of hydrogen-bond acceptors (Lipinski definition) is 8. The highest BCUT2D eigenvalue weighted by Gasteiger charge is 2.25. The van der Waals surface area contributed by atoms with E-state index in [1.807, 2.05) is 13.8 Å². The number of nitrogens with one attached hydrogen (secondary N) is 2. The number of nitrogens with zero attached hydrogens (tertiary/aromatic N) is 3. The van der Waals surface area contributed by atoms with Gasteiger partial charge in [0, 0.05) is 18.3 Å². The van der Waals surface area contributed by atoms with Gasteiger partial charge in [-0.2, -0.15) is 0 Å². The summed E-state index contributed by atoms with van der Waals surface area (Å²) in [5.74, 6) is 0.547. The highest BCUT2D eigenvalue weighted by molar-refractivity contribution is 7.99. The molecule has 0 saturated carbocycles. The quantitative estimate of drug-likeness (QED) is 0.286. The minimum absolute atomic E-state index is 0.0452. The summed E-state index contributed by atoms with van der Waals surface area (Å²) in [6.07, 6.45) is 0. The molecule has 0 radical (unpaired) electrons. The molecule has 11 heteroatoms.